The smallest absolute Gasteiger partial charge is 0.336 e. The summed E-state index contributed by atoms with van der Waals surface area (Å²) in [5, 5.41) is 6.60. The van der Waals surface area contributed by atoms with E-state index in [4.69, 9.17) is 16.3 Å². The molecule has 178 valence electrons. The van der Waals surface area contributed by atoms with Gasteiger partial charge in [0.25, 0.3) is 5.91 Å². The molecule has 1 aliphatic heterocycles. The number of rotatable bonds is 7. The van der Waals surface area contributed by atoms with Crippen molar-refractivity contribution in [2.24, 2.45) is 0 Å². The molecule has 1 aromatic heterocycles. The van der Waals surface area contributed by atoms with Crippen LogP contribution in [0.4, 0.5) is 5.69 Å². The minimum absolute atomic E-state index is 0.163. The number of amides is 1. The summed E-state index contributed by atoms with van der Waals surface area (Å²) >= 11 is 6.58. The highest BCUT2D eigenvalue weighted by Gasteiger charge is 2.38. The maximum Gasteiger partial charge on any atom is 0.336 e. The van der Waals surface area contributed by atoms with Crippen LogP contribution >= 0.6 is 11.6 Å². The molecule has 3 aromatic rings. The SMILES string of the molecule is CC1=C(C(=O)Nc2ccccc2)C(c2ccccc2Cl)C(C(=O)OCCc2ccccn2)=C(C)N1. The quantitative estimate of drug-likeness (QED) is 0.436. The lowest BCUT2D eigenvalue weighted by Crippen LogP contribution is -2.34. The Balaban J connectivity index is 1.66. The van der Waals surface area contributed by atoms with Crippen LogP contribution in [0.2, 0.25) is 5.02 Å². The number of esters is 1. The fourth-order valence-corrected chi connectivity index (χ4v) is 4.42. The van der Waals surface area contributed by atoms with Gasteiger partial charge < -0.3 is 15.4 Å². The molecule has 1 aliphatic rings. The predicted molar refractivity (Wildman–Crippen MR) is 137 cm³/mol. The monoisotopic (exact) mass is 487 g/mol. The van der Waals surface area contributed by atoms with Gasteiger partial charge in [-0.25, -0.2) is 4.79 Å². The number of nitrogens with one attached hydrogen (secondary N) is 2. The number of benzene rings is 2. The Morgan fingerprint density at radius 1 is 0.943 bits per heavy atom. The maximum atomic E-state index is 13.5. The Hall–Kier alpha value is -3.90. The molecule has 0 aliphatic carbocycles. The fraction of sp³-hybridized carbons (Fsp3) is 0.179. The van der Waals surface area contributed by atoms with Crippen LogP contribution in [0.3, 0.4) is 0 Å². The molecule has 0 saturated heterocycles. The number of hydrogen-bond acceptors (Lipinski definition) is 5. The lowest BCUT2D eigenvalue weighted by atomic mass is 9.80. The second-order valence-electron chi connectivity index (χ2n) is 8.18. The Morgan fingerprint density at radius 2 is 1.63 bits per heavy atom. The molecular weight excluding hydrogens is 462 g/mol. The van der Waals surface area contributed by atoms with Gasteiger partial charge in [0, 0.05) is 46.0 Å². The first-order valence-electron chi connectivity index (χ1n) is 11.3. The van der Waals surface area contributed by atoms with Gasteiger partial charge in [-0.15, -0.1) is 0 Å². The number of aromatic nitrogens is 1. The molecule has 2 heterocycles. The van der Waals surface area contributed by atoms with E-state index < -0.39 is 11.9 Å². The normalized spacial score (nSPS) is 15.5. The average molecular weight is 488 g/mol. The average Bonchev–Trinajstić information content (AvgIpc) is 2.85. The van der Waals surface area contributed by atoms with Gasteiger partial charge in [0.15, 0.2) is 0 Å². The highest BCUT2D eigenvalue weighted by molar-refractivity contribution is 6.31. The topological polar surface area (TPSA) is 80.3 Å². The molecule has 7 heteroatoms. The second-order valence-corrected chi connectivity index (χ2v) is 8.59. The number of dihydropyridines is 1. The standard InChI is InChI=1S/C28H26ClN3O3/c1-18-24(27(33)32-21-11-4-3-5-12-21)26(22-13-6-7-14-23(22)29)25(19(2)31-18)28(34)35-17-15-20-10-8-9-16-30-20/h3-14,16,26,31H,15,17H2,1-2H3,(H,32,33). The molecule has 6 nitrogen and oxygen atoms in total. The van der Waals surface area contributed by atoms with Crippen molar-refractivity contribution in [3.05, 3.63) is 118 Å². The Kier molecular flexibility index (Phi) is 7.63. The minimum atomic E-state index is -0.698. The number of pyridine rings is 1. The lowest BCUT2D eigenvalue weighted by molar-refractivity contribution is -0.139. The van der Waals surface area contributed by atoms with Crippen molar-refractivity contribution in [1.29, 1.82) is 0 Å². The van der Waals surface area contributed by atoms with Crippen molar-refractivity contribution < 1.29 is 14.3 Å². The zero-order chi connectivity index (χ0) is 24.8. The Morgan fingerprint density at radius 3 is 2.34 bits per heavy atom. The van der Waals surface area contributed by atoms with Crippen molar-refractivity contribution in [3.8, 4) is 0 Å². The number of anilines is 1. The fourth-order valence-electron chi connectivity index (χ4n) is 4.18. The molecule has 0 saturated carbocycles. The van der Waals surface area contributed by atoms with E-state index in [1.807, 2.05) is 73.7 Å². The first kappa shape index (κ1) is 24.2. The van der Waals surface area contributed by atoms with E-state index in [0.717, 1.165) is 5.69 Å². The molecule has 0 radical (unpaired) electrons. The van der Waals surface area contributed by atoms with Gasteiger partial charge in [-0.05, 0) is 49.7 Å². The van der Waals surface area contributed by atoms with Gasteiger partial charge in [0.05, 0.1) is 18.1 Å². The zero-order valence-electron chi connectivity index (χ0n) is 19.5. The summed E-state index contributed by atoms with van der Waals surface area (Å²) in [6.45, 7) is 3.78. The number of carbonyl (C=O) groups is 2. The number of allylic oxidation sites excluding steroid dienone is 2. The molecular formula is C28H26ClN3O3. The molecule has 2 aromatic carbocycles. The maximum absolute atomic E-state index is 13.5. The van der Waals surface area contributed by atoms with Gasteiger partial charge in [0.1, 0.15) is 0 Å². The summed E-state index contributed by atoms with van der Waals surface area (Å²) < 4.78 is 5.65. The van der Waals surface area contributed by atoms with Gasteiger partial charge in [0.2, 0.25) is 0 Å². The van der Waals surface area contributed by atoms with Gasteiger partial charge in [-0.1, -0.05) is 54.1 Å². The van der Waals surface area contributed by atoms with Crippen LogP contribution in [-0.2, 0) is 20.7 Å². The number of para-hydroxylation sites is 1. The lowest BCUT2D eigenvalue weighted by Gasteiger charge is -2.31. The molecule has 2 N–H and O–H groups in total. The van der Waals surface area contributed by atoms with Crippen LogP contribution in [0.25, 0.3) is 0 Å². The van der Waals surface area contributed by atoms with Gasteiger partial charge in [-0.2, -0.15) is 0 Å². The summed E-state index contributed by atoms with van der Waals surface area (Å²) in [5.74, 6) is -1.53. The highest BCUT2D eigenvalue weighted by Crippen LogP contribution is 2.41. The summed E-state index contributed by atoms with van der Waals surface area (Å²) in [4.78, 5) is 31.2. The van der Waals surface area contributed by atoms with E-state index in [-0.39, 0.29) is 12.5 Å². The molecule has 0 fully saturated rings. The molecule has 4 rings (SSSR count). The third kappa shape index (κ3) is 5.61. The van der Waals surface area contributed by atoms with Crippen molar-refractivity contribution in [3.63, 3.8) is 0 Å². The predicted octanol–water partition coefficient (Wildman–Crippen LogP) is 5.39. The number of hydrogen-bond donors (Lipinski definition) is 2. The van der Waals surface area contributed by atoms with Crippen LogP contribution in [0, 0.1) is 0 Å². The van der Waals surface area contributed by atoms with Crippen LogP contribution in [0.1, 0.15) is 31.0 Å². The first-order valence-corrected chi connectivity index (χ1v) is 11.7. The van der Waals surface area contributed by atoms with Crippen molar-refractivity contribution in [1.82, 2.24) is 10.3 Å². The molecule has 1 unspecified atom stereocenters. The molecule has 35 heavy (non-hydrogen) atoms. The summed E-state index contributed by atoms with van der Waals surface area (Å²) in [6, 6.07) is 22.0. The van der Waals surface area contributed by atoms with Crippen LogP contribution < -0.4 is 10.6 Å². The largest absolute Gasteiger partial charge is 0.462 e. The van der Waals surface area contributed by atoms with E-state index in [0.29, 0.717) is 45.2 Å². The van der Waals surface area contributed by atoms with E-state index in [1.54, 1.807) is 19.2 Å². The van der Waals surface area contributed by atoms with E-state index >= 15 is 0 Å². The number of halogens is 1. The summed E-state index contributed by atoms with van der Waals surface area (Å²) in [7, 11) is 0. The Bertz CT molecular complexity index is 1290. The summed E-state index contributed by atoms with van der Waals surface area (Å²) in [6.07, 6.45) is 2.19. The summed E-state index contributed by atoms with van der Waals surface area (Å²) in [5.41, 5.74) is 4.16. The van der Waals surface area contributed by atoms with Crippen molar-refractivity contribution >= 4 is 29.2 Å². The van der Waals surface area contributed by atoms with E-state index in [2.05, 4.69) is 15.6 Å². The van der Waals surface area contributed by atoms with Gasteiger partial charge >= 0.3 is 5.97 Å². The molecule has 1 atom stereocenters. The van der Waals surface area contributed by atoms with Crippen molar-refractivity contribution in [2.45, 2.75) is 26.2 Å². The van der Waals surface area contributed by atoms with Crippen LogP contribution in [-0.4, -0.2) is 23.5 Å². The third-order valence-corrected chi connectivity index (χ3v) is 6.13. The number of carbonyl (C=O) groups excluding carboxylic acids is 2. The van der Waals surface area contributed by atoms with Crippen molar-refractivity contribution in [2.75, 3.05) is 11.9 Å². The number of nitrogens with zero attached hydrogens (tertiary/aromatic N) is 1. The highest BCUT2D eigenvalue weighted by atomic mass is 35.5. The number of ether oxygens (including phenoxy) is 1. The van der Waals surface area contributed by atoms with Crippen LogP contribution in [0.15, 0.2) is 102 Å². The zero-order valence-corrected chi connectivity index (χ0v) is 20.3. The Labute approximate surface area is 209 Å². The molecule has 0 spiro atoms. The molecule has 0 bridgehead atoms. The van der Waals surface area contributed by atoms with E-state index in [9.17, 15) is 9.59 Å². The third-order valence-electron chi connectivity index (χ3n) is 5.79. The van der Waals surface area contributed by atoms with E-state index in [1.165, 1.54) is 0 Å². The second kappa shape index (κ2) is 11.0. The molecule has 1 amide bonds. The van der Waals surface area contributed by atoms with Gasteiger partial charge in [-0.3, -0.25) is 9.78 Å². The minimum Gasteiger partial charge on any atom is -0.462 e. The van der Waals surface area contributed by atoms with Crippen LogP contribution in [0.5, 0.6) is 0 Å². The first-order chi connectivity index (χ1) is 17.0.